The van der Waals surface area contributed by atoms with Gasteiger partial charge in [-0.1, -0.05) is 49.4 Å². The van der Waals surface area contributed by atoms with Crippen LogP contribution in [0.15, 0.2) is 54.6 Å². The quantitative estimate of drug-likeness (QED) is 0.903. The molecule has 0 bridgehead atoms. The van der Waals surface area contributed by atoms with Crippen LogP contribution in [0.2, 0.25) is 0 Å². The van der Waals surface area contributed by atoms with E-state index in [0.29, 0.717) is 6.54 Å². The summed E-state index contributed by atoms with van der Waals surface area (Å²) in [6.45, 7) is 4.57. The number of carbonyl (C=O) groups excluding carboxylic acids is 2. The van der Waals surface area contributed by atoms with Crippen LogP contribution >= 0.6 is 0 Å². The number of likely N-dealkylation sites (tertiary alicyclic amines) is 1. The van der Waals surface area contributed by atoms with Gasteiger partial charge in [-0.3, -0.25) is 9.59 Å². The number of aryl methyl sites for hydroxylation is 1. The predicted octanol–water partition coefficient (Wildman–Crippen LogP) is 3.80. The number of rotatable bonds is 5. The maximum absolute atomic E-state index is 12.5. The smallest absolute Gasteiger partial charge is 0.229 e. The Balaban J connectivity index is 1.64. The highest BCUT2D eigenvalue weighted by atomic mass is 16.2. The molecule has 0 aromatic heterocycles. The minimum atomic E-state index is -0.301. The summed E-state index contributed by atoms with van der Waals surface area (Å²) in [5.74, 6) is -0.345. The largest absolute Gasteiger partial charge is 0.335 e. The zero-order valence-electron chi connectivity index (χ0n) is 14.7. The van der Waals surface area contributed by atoms with Crippen LogP contribution in [0.25, 0.3) is 0 Å². The van der Waals surface area contributed by atoms with Crippen molar-refractivity contribution in [3.63, 3.8) is 0 Å². The molecule has 25 heavy (non-hydrogen) atoms. The van der Waals surface area contributed by atoms with Crippen molar-refractivity contribution in [2.75, 3.05) is 11.9 Å². The average molecular weight is 336 g/mol. The lowest BCUT2D eigenvalue weighted by Crippen LogP contribution is -2.30. The van der Waals surface area contributed by atoms with Crippen molar-refractivity contribution in [2.24, 2.45) is 5.92 Å². The number of hydrogen-bond acceptors (Lipinski definition) is 2. The van der Waals surface area contributed by atoms with Crippen molar-refractivity contribution in [2.45, 2.75) is 32.7 Å². The Morgan fingerprint density at radius 3 is 2.48 bits per heavy atom. The second-order valence-electron chi connectivity index (χ2n) is 6.57. The van der Waals surface area contributed by atoms with Gasteiger partial charge in [-0.05, 0) is 36.6 Å². The minimum Gasteiger partial charge on any atom is -0.335 e. The van der Waals surface area contributed by atoms with E-state index in [0.717, 1.165) is 17.7 Å². The summed E-state index contributed by atoms with van der Waals surface area (Å²) in [7, 11) is 0. The Kier molecular flexibility index (Phi) is 5.17. The van der Waals surface area contributed by atoms with E-state index in [4.69, 9.17) is 0 Å². The zero-order chi connectivity index (χ0) is 17.8. The van der Waals surface area contributed by atoms with Gasteiger partial charge in [0.15, 0.2) is 0 Å². The van der Waals surface area contributed by atoms with Gasteiger partial charge in [-0.2, -0.15) is 0 Å². The molecule has 130 valence electrons. The number of nitrogens with zero attached hydrogens (tertiary/aromatic N) is 1. The van der Waals surface area contributed by atoms with Gasteiger partial charge in [-0.15, -0.1) is 0 Å². The summed E-state index contributed by atoms with van der Waals surface area (Å²) in [4.78, 5) is 26.7. The van der Waals surface area contributed by atoms with Crippen molar-refractivity contribution in [3.05, 3.63) is 65.7 Å². The molecule has 1 aliphatic heterocycles. The SMILES string of the molecule is CCc1ccc(NC(=O)[C@@H]2CC(=O)N([C@@H](C)c3ccccc3)C2)cc1. The van der Waals surface area contributed by atoms with Gasteiger partial charge in [0, 0.05) is 18.7 Å². The van der Waals surface area contributed by atoms with E-state index < -0.39 is 0 Å². The first-order valence-electron chi connectivity index (χ1n) is 8.82. The van der Waals surface area contributed by atoms with Crippen LogP contribution in [0.4, 0.5) is 5.69 Å². The monoisotopic (exact) mass is 336 g/mol. The lowest BCUT2D eigenvalue weighted by molar-refractivity contribution is -0.129. The average Bonchev–Trinajstić information content (AvgIpc) is 3.04. The molecule has 1 saturated heterocycles. The van der Waals surface area contributed by atoms with E-state index in [9.17, 15) is 9.59 Å². The van der Waals surface area contributed by atoms with Crippen LogP contribution in [0, 0.1) is 5.92 Å². The van der Waals surface area contributed by atoms with Crippen molar-refractivity contribution in [3.8, 4) is 0 Å². The van der Waals surface area contributed by atoms with E-state index in [1.165, 1.54) is 5.56 Å². The number of nitrogens with one attached hydrogen (secondary N) is 1. The highest BCUT2D eigenvalue weighted by Crippen LogP contribution is 2.29. The van der Waals surface area contributed by atoms with Gasteiger partial charge in [0.05, 0.1) is 12.0 Å². The van der Waals surface area contributed by atoms with E-state index in [1.807, 2.05) is 61.5 Å². The molecule has 0 spiro atoms. The number of benzene rings is 2. The van der Waals surface area contributed by atoms with Gasteiger partial charge < -0.3 is 10.2 Å². The Labute approximate surface area is 148 Å². The molecule has 4 heteroatoms. The second-order valence-corrected chi connectivity index (χ2v) is 6.57. The van der Waals surface area contributed by atoms with Crippen LogP contribution in [0.1, 0.15) is 37.4 Å². The number of hydrogen-bond donors (Lipinski definition) is 1. The molecular weight excluding hydrogens is 312 g/mol. The Morgan fingerprint density at radius 2 is 1.84 bits per heavy atom. The molecule has 1 fully saturated rings. The molecule has 1 N–H and O–H groups in total. The third-order valence-electron chi connectivity index (χ3n) is 4.91. The Morgan fingerprint density at radius 1 is 1.16 bits per heavy atom. The summed E-state index contributed by atoms with van der Waals surface area (Å²) in [6, 6.07) is 17.8. The normalized spacial score (nSPS) is 18.2. The molecule has 0 radical (unpaired) electrons. The molecule has 3 rings (SSSR count). The molecule has 1 aliphatic rings. The van der Waals surface area contributed by atoms with Crippen molar-refractivity contribution in [1.29, 1.82) is 0 Å². The summed E-state index contributed by atoms with van der Waals surface area (Å²) in [6.07, 6.45) is 1.24. The fraction of sp³-hybridized carbons (Fsp3) is 0.333. The third kappa shape index (κ3) is 3.90. The Bertz CT molecular complexity index is 740. The topological polar surface area (TPSA) is 49.4 Å². The predicted molar refractivity (Wildman–Crippen MR) is 99.1 cm³/mol. The van der Waals surface area contributed by atoms with Gasteiger partial charge in [-0.25, -0.2) is 0 Å². The van der Waals surface area contributed by atoms with Gasteiger partial charge in [0.2, 0.25) is 11.8 Å². The second kappa shape index (κ2) is 7.51. The van der Waals surface area contributed by atoms with E-state index >= 15 is 0 Å². The maximum Gasteiger partial charge on any atom is 0.229 e. The molecule has 0 aliphatic carbocycles. The first-order chi connectivity index (χ1) is 12.1. The van der Waals surface area contributed by atoms with Crippen molar-refractivity contribution in [1.82, 2.24) is 4.90 Å². The lowest BCUT2D eigenvalue weighted by atomic mass is 10.1. The first-order valence-corrected chi connectivity index (χ1v) is 8.82. The van der Waals surface area contributed by atoms with Crippen molar-refractivity contribution >= 4 is 17.5 Å². The van der Waals surface area contributed by atoms with Crippen LogP contribution in [-0.2, 0) is 16.0 Å². The lowest BCUT2D eigenvalue weighted by Gasteiger charge is -2.25. The Hall–Kier alpha value is -2.62. The third-order valence-corrected chi connectivity index (χ3v) is 4.91. The number of carbonyl (C=O) groups is 2. The highest BCUT2D eigenvalue weighted by molar-refractivity contribution is 5.97. The van der Waals surface area contributed by atoms with Crippen LogP contribution in [0.5, 0.6) is 0 Å². The van der Waals surface area contributed by atoms with Crippen LogP contribution < -0.4 is 5.32 Å². The van der Waals surface area contributed by atoms with Crippen LogP contribution in [-0.4, -0.2) is 23.3 Å². The van der Waals surface area contributed by atoms with Crippen molar-refractivity contribution < 1.29 is 9.59 Å². The molecule has 0 unspecified atom stereocenters. The molecule has 2 aromatic carbocycles. The van der Waals surface area contributed by atoms with E-state index in [2.05, 4.69) is 12.2 Å². The standard InChI is InChI=1S/C21H24N2O2/c1-3-16-9-11-19(12-10-16)22-21(25)18-13-20(24)23(14-18)15(2)17-7-5-4-6-8-17/h4-12,15,18H,3,13-14H2,1-2H3,(H,22,25)/t15-,18+/m0/s1. The minimum absolute atomic E-state index is 0.0182. The zero-order valence-corrected chi connectivity index (χ0v) is 14.7. The molecule has 4 nitrogen and oxygen atoms in total. The summed E-state index contributed by atoms with van der Waals surface area (Å²) in [5.41, 5.74) is 3.10. The molecule has 2 atom stereocenters. The molecule has 2 amide bonds. The number of anilines is 1. The van der Waals surface area contributed by atoms with Gasteiger partial charge >= 0.3 is 0 Å². The number of amides is 2. The fourth-order valence-corrected chi connectivity index (χ4v) is 3.26. The summed E-state index contributed by atoms with van der Waals surface area (Å²) in [5, 5.41) is 2.94. The van der Waals surface area contributed by atoms with Gasteiger partial charge in [0.25, 0.3) is 0 Å². The molecule has 0 saturated carbocycles. The summed E-state index contributed by atoms with van der Waals surface area (Å²) < 4.78 is 0. The van der Waals surface area contributed by atoms with Gasteiger partial charge in [0.1, 0.15) is 0 Å². The molecule has 1 heterocycles. The molecule has 2 aromatic rings. The van der Waals surface area contributed by atoms with E-state index in [-0.39, 0.29) is 30.2 Å². The summed E-state index contributed by atoms with van der Waals surface area (Å²) >= 11 is 0. The fourth-order valence-electron chi connectivity index (χ4n) is 3.26. The van der Waals surface area contributed by atoms with Crippen LogP contribution in [0.3, 0.4) is 0 Å². The highest BCUT2D eigenvalue weighted by Gasteiger charge is 2.36. The van der Waals surface area contributed by atoms with E-state index in [1.54, 1.807) is 4.90 Å². The molecular formula is C21H24N2O2. The maximum atomic E-state index is 12.5. The first kappa shape index (κ1) is 17.2.